The summed E-state index contributed by atoms with van der Waals surface area (Å²) in [5.74, 6) is -0.185. The van der Waals surface area contributed by atoms with Crippen LogP contribution in [0.25, 0.3) is 0 Å². The second kappa shape index (κ2) is 6.41. The Bertz CT molecular complexity index is 526. The molecular formula is C19H28O3. The van der Waals surface area contributed by atoms with Crippen molar-refractivity contribution in [2.45, 2.75) is 65.6 Å². The van der Waals surface area contributed by atoms with Gasteiger partial charge in [-0.2, -0.15) is 0 Å². The Balaban J connectivity index is 2.15. The summed E-state index contributed by atoms with van der Waals surface area (Å²) in [4.78, 5) is 12.1. The van der Waals surface area contributed by atoms with Crippen LogP contribution < -0.4 is 0 Å². The number of hydrogen-bond donors (Lipinski definition) is 0. The van der Waals surface area contributed by atoms with Crippen LogP contribution in [-0.2, 0) is 20.7 Å². The van der Waals surface area contributed by atoms with Gasteiger partial charge in [0.15, 0.2) is 0 Å². The van der Waals surface area contributed by atoms with Crippen molar-refractivity contribution in [2.24, 2.45) is 5.41 Å². The Labute approximate surface area is 134 Å². The zero-order chi connectivity index (χ0) is 16.4. The van der Waals surface area contributed by atoms with E-state index in [0.29, 0.717) is 6.42 Å². The highest BCUT2D eigenvalue weighted by molar-refractivity contribution is 5.73. The number of carbonyl (C=O) groups is 1. The normalized spacial score (nSPS) is 21.4. The fraction of sp³-hybridized carbons (Fsp3) is 0.632. The van der Waals surface area contributed by atoms with Gasteiger partial charge in [-0.1, -0.05) is 38.1 Å². The zero-order valence-electron chi connectivity index (χ0n) is 14.4. The van der Waals surface area contributed by atoms with Gasteiger partial charge in [-0.25, -0.2) is 0 Å². The van der Waals surface area contributed by atoms with Crippen LogP contribution in [0.15, 0.2) is 24.3 Å². The van der Waals surface area contributed by atoms with Crippen molar-refractivity contribution in [3.8, 4) is 0 Å². The van der Waals surface area contributed by atoms with E-state index in [1.165, 1.54) is 0 Å². The molecule has 1 heterocycles. The van der Waals surface area contributed by atoms with E-state index in [2.05, 4.69) is 19.9 Å². The molecule has 0 spiro atoms. The van der Waals surface area contributed by atoms with Crippen LogP contribution in [0.2, 0.25) is 0 Å². The lowest BCUT2D eigenvalue weighted by atomic mass is 9.79. The third-order valence-electron chi connectivity index (χ3n) is 3.99. The van der Waals surface area contributed by atoms with Gasteiger partial charge in [0, 0.05) is 6.61 Å². The van der Waals surface area contributed by atoms with Crippen LogP contribution in [0.4, 0.5) is 0 Å². The molecule has 3 heteroatoms. The first kappa shape index (κ1) is 17.0. The smallest absolute Gasteiger partial charge is 0.310 e. The van der Waals surface area contributed by atoms with Crippen LogP contribution in [0.3, 0.4) is 0 Å². The minimum Gasteiger partial charge on any atom is -0.460 e. The minimum atomic E-state index is -0.449. The van der Waals surface area contributed by atoms with E-state index in [0.717, 1.165) is 30.6 Å². The van der Waals surface area contributed by atoms with Crippen LogP contribution in [0.5, 0.6) is 0 Å². The largest absolute Gasteiger partial charge is 0.460 e. The quantitative estimate of drug-likeness (QED) is 0.774. The first-order valence-corrected chi connectivity index (χ1v) is 8.08. The number of benzene rings is 1. The molecule has 0 N–H and O–H groups in total. The fourth-order valence-electron chi connectivity index (χ4n) is 2.88. The van der Waals surface area contributed by atoms with Crippen LogP contribution in [0.1, 0.15) is 64.7 Å². The minimum absolute atomic E-state index is 0.0717. The maximum Gasteiger partial charge on any atom is 0.310 e. The van der Waals surface area contributed by atoms with Crippen LogP contribution in [0, 0.1) is 5.41 Å². The Morgan fingerprint density at radius 1 is 1.32 bits per heavy atom. The molecule has 1 aromatic rings. The molecule has 1 aliphatic heterocycles. The maximum atomic E-state index is 12.1. The number of ether oxygens (including phenoxy) is 2. The molecule has 1 fully saturated rings. The molecule has 1 aliphatic rings. The van der Waals surface area contributed by atoms with Crippen molar-refractivity contribution in [3.63, 3.8) is 0 Å². The van der Waals surface area contributed by atoms with Crippen LogP contribution >= 0.6 is 0 Å². The molecule has 122 valence electrons. The van der Waals surface area contributed by atoms with Gasteiger partial charge in [0.1, 0.15) is 5.60 Å². The molecule has 0 aromatic heterocycles. The molecule has 0 radical (unpaired) electrons. The van der Waals surface area contributed by atoms with Crippen molar-refractivity contribution < 1.29 is 14.3 Å². The molecular weight excluding hydrogens is 276 g/mol. The van der Waals surface area contributed by atoms with Crippen molar-refractivity contribution in [1.29, 1.82) is 0 Å². The number of carbonyl (C=O) groups excluding carboxylic acids is 1. The average Bonchev–Trinajstić information content (AvgIpc) is 2.35. The predicted octanol–water partition coefficient (Wildman–Crippen LogP) is 4.45. The lowest BCUT2D eigenvalue weighted by molar-refractivity contribution is -0.153. The molecule has 0 aliphatic carbocycles. The van der Waals surface area contributed by atoms with E-state index < -0.39 is 5.60 Å². The van der Waals surface area contributed by atoms with Gasteiger partial charge in [-0.05, 0) is 50.2 Å². The summed E-state index contributed by atoms with van der Waals surface area (Å²) in [7, 11) is 0. The summed E-state index contributed by atoms with van der Waals surface area (Å²) in [5, 5.41) is 0. The van der Waals surface area contributed by atoms with Gasteiger partial charge in [0.25, 0.3) is 0 Å². The van der Waals surface area contributed by atoms with Crippen molar-refractivity contribution >= 4 is 5.97 Å². The van der Waals surface area contributed by atoms with E-state index >= 15 is 0 Å². The lowest BCUT2D eigenvalue weighted by Gasteiger charge is -2.36. The third kappa shape index (κ3) is 4.84. The van der Waals surface area contributed by atoms with E-state index in [1.54, 1.807) is 0 Å². The second-order valence-corrected chi connectivity index (χ2v) is 7.94. The fourth-order valence-corrected chi connectivity index (χ4v) is 2.88. The highest BCUT2D eigenvalue weighted by Crippen LogP contribution is 2.40. The zero-order valence-corrected chi connectivity index (χ0v) is 14.4. The van der Waals surface area contributed by atoms with Gasteiger partial charge in [0.2, 0.25) is 0 Å². The van der Waals surface area contributed by atoms with Crippen molar-refractivity contribution in [2.75, 3.05) is 6.61 Å². The van der Waals surface area contributed by atoms with Gasteiger partial charge >= 0.3 is 5.97 Å². The Hall–Kier alpha value is -1.35. The van der Waals surface area contributed by atoms with E-state index in [1.807, 2.05) is 39.0 Å². The second-order valence-electron chi connectivity index (χ2n) is 7.94. The highest BCUT2D eigenvalue weighted by atomic mass is 16.6. The Morgan fingerprint density at radius 2 is 2.00 bits per heavy atom. The molecule has 0 saturated carbocycles. The molecule has 1 aromatic carbocycles. The van der Waals surface area contributed by atoms with Crippen LogP contribution in [-0.4, -0.2) is 18.2 Å². The van der Waals surface area contributed by atoms with Crippen molar-refractivity contribution in [1.82, 2.24) is 0 Å². The first-order chi connectivity index (χ1) is 10.2. The molecule has 0 amide bonds. The monoisotopic (exact) mass is 304 g/mol. The van der Waals surface area contributed by atoms with Gasteiger partial charge < -0.3 is 9.47 Å². The summed E-state index contributed by atoms with van der Waals surface area (Å²) < 4.78 is 11.4. The van der Waals surface area contributed by atoms with E-state index in [-0.39, 0.29) is 17.5 Å². The summed E-state index contributed by atoms with van der Waals surface area (Å²) in [5.41, 5.74) is 1.97. The average molecular weight is 304 g/mol. The predicted molar refractivity (Wildman–Crippen MR) is 87.7 cm³/mol. The highest BCUT2D eigenvalue weighted by Gasteiger charge is 2.31. The number of rotatable bonds is 3. The summed E-state index contributed by atoms with van der Waals surface area (Å²) in [6.45, 7) is 11.0. The standard InChI is InChI=1S/C19H28O3/c1-18(2,3)22-17(20)12-14-8-6-7-9-15(14)16-13-19(4,5)10-11-21-16/h6-9,16H,10-13H2,1-5H3. The molecule has 1 unspecified atom stereocenters. The third-order valence-corrected chi connectivity index (χ3v) is 3.99. The first-order valence-electron chi connectivity index (χ1n) is 8.08. The van der Waals surface area contributed by atoms with Gasteiger partial charge in [0.05, 0.1) is 12.5 Å². The number of hydrogen-bond acceptors (Lipinski definition) is 3. The van der Waals surface area contributed by atoms with Crippen molar-refractivity contribution in [3.05, 3.63) is 35.4 Å². The molecule has 22 heavy (non-hydrogen) atoms. The summed E-state index contributed by atoms with van der Waals surface area (Å²) >= 11 is 0. The van der Waals surface area contributed by atoms with Gasteiger partial charge in [-0.3, -0.25) is 4.79 Å². The summed E-state index contributed by atoms with van der Waals surface area (Å²) in [6.07, 6.45) is 2.44. The summed E-state index contributed by atoms with van der Waals surface area (Å²) in [6, 6.07) is 8.06. The molecule has 2 rings (SSSR count). The lowest BCUT2D eigenvalue weighted by Crippen LogP contribution is -2.28. The SMILES string of the molecule is CC1(C)CCOC(c2ccccc2CC(=O)OC(C)(C)C)C1. The molecule has 0 bridgehead atoms. The molecule has 1 atom stereocenters. The number of esters is 1. The maximum absolute atomic E-state index is 12.1. The molecule has 3 nitrogen and oxygen atoms in total. The van der Waals surface area contributed by atoms with Gasteiger partial charge in [-0.15, -0.1) is 0 Å². The van der Waals surface area contributed by atoms with E-state index in [9.17, 15) is 4.79 Å². The topological polar surface area (TPSA) is 35.5 Å². The Morgan fingerprint density at radius 3 is 2.64 bits per heavy atom. The van der Waals surface area contributed by atoms with E-state index in [4.69, 9.17) is 9.47 Å². The molecule has 1 saturated heterocycles. The Kier molecular flexibility index (Phi) is 4.96.